The molecule has 0 heterocycles. The Balaban J connectivity index is 1.49. The molecule has 0 aromatic heterocycles. The third-order valence-corrected chi connectivity index (χ3v) is 6.97. The predicted molar refractivity (Wildman–Crippen MR) is 87.8 cm³/mol. The molecule has 3 nitrogen and oxygen atoms in total. The van der Waals surface area contributed by atoms with Gasteiger partial charge < -0.3 is 9.84 Å². The quantitative estimate of drug-likeness (QED) is 0.865. The highest BCUT2D eigenvalue weighted by molar-refractivity contribution is 5.89. The third kappa shape index (κ3) is 2.32. The van der Waals surface area contributed by atoms with Gasteiger partial charge >= 0.3 is 5.97 Å². The Hall–Kier alpha value is -1.35. The second-order valence-corrected chi connectivity index (χ2v) is 8.08. The summed E-state index contributed by atoms with van der Waals surface area (Å²) in [5.74, 6) is 2.15. The molecule has 3 aliphatic carbocycles. The van der Waals surface area contributed by atoms with Crippen LogP contribution in [0, 0.1) is 35.0 Å². The van der Waals surface area contributed by atoms with Gasteiger partial charge in [-0.1, -0.05) is 38.5 Å². The van der Waals surface area contributed by atoms with Gasteiger partial charge in [0.05, 0.1) is 18.3 Å². The fraction of sp³-hybridized carbons (Fsp3) is 0.650. The van der Waals surface area contributed by atoms with E-state index in [4.69, 9.17) is 4.74 Å². The second kappa shape index (κ2) is 5.34. The number of aliphatic hydroxyl groups is 1. The molecule has 7 atom stereocenters. The van der Waals surface area contributed by atoms with Crippen LogP contribution in [-0.2, 0) is 4.74 Å². The maximum Gasteiger partial charge on any atom is 0.338 e. The summed E-state index contributed by atoms with van der Waals surface area (Å²) in [6.45, 7) is 5.09. The SMILES string of the molecule is CCC1(C)CC2C(O)C3CC3C1C2COC(=O)c1ccccc1. The van der Waals surface area contributed by atoms with E-state index in [1.807, 2.05) is 18.2 Å². The fourth-order valence-corrected chi connectivity index (χ4v) is 5.61. The number of esters is 1. The highest BCUT2D eigenvalue weighted by Crippen LogP contribution is 2.69. The number of aliphatic hydroxyl groups excluding tert-OH is 1. The summed E-state index contributed by atoms with van der Waals surface area (Å²) in [6, 6.07) is 9.19. The molecule has 7 unspecified atom stereocenters. The molecule has 3 aliphatic rings. The van der Waals surface area contributed by atoms with Crippen molar-refractivity contribution in [3.05, 3.63) is 35.9 Å². The average molecular weight is 314 g/mol. The van der Waals surface area contributed by atoms with Crippen LogP contribution in [0.1, 0.15) is 43.5 Å². The van der Waals surface area contributed by atoms with E-state index in [1.54, 1.807) is 12.1 Å². The Morgan fingerprint density at radius 2 is 2.00 bits per heavy atom. The first kappa shape index (κ1) is 15.2. The van der Waals surface area contributed by atoms with Gasteiger partial charge in [-0.05, 0) is 54.1 Å². The number of ether oxygens (including phenoxy) is 1. The van der Waals surface area contributed by atoms with Gasteiger partial charge in [0.15, 0.2) is 0 Å². The van der Waals surface area contributed by atoms with E-state index in [2.05, 4.69) is 13.8 Å². The molecule has 3 saturated carbocycles. The van der Waals surface area contributed by atoms with Crippen molar-refractivity contribution < 1.29 is 14.6 Å². The molecular formula is C20H26O3. The minimum atomic E-state index is -0.240. The van der Waals surface area contributed by atoms with E-state index >= 15 is 0 Å². The van der Waals surface area contributed by atoms with Crippen LogP contribution in [-0.4, -0.2) is 23.8 Å². The standard InChI is InChI=1S/C20H26O3/c1-3-20(2)10-15-16(17(20)13-9-14(13)18(15)21)11-23-19(22)12-7-5-4-6-8-12/h4-8,13-18,21H,3,9-11H2,1-2H3. The van der Waals surface area contributed by atoms with Gasteiger partial charge in [-0.25, -0.2) is 4.79 Å². The largest absolute Gasteiger partial charge is 0.462 e. The Kier molecular flexibility index (Phi) is 3.53. The van der Waals surface area contributed by atoms with Gasteiger partial charge in [-0.2, -0.15) is 0 Å². The van der Waals surface area contributed by atoms with Crippen LogP contribution in [0.15, 0.2) is 30.3 Å². The van der Waals surface area contributed by atoms with Crippen LogP contribution >= 0.6 is 0 Å². The Morgan fingerprint density at radius 1 is 1.26 bits per heavy atom. The Bertz CT molecular complexity index is 598. The van der Waals surface area contributed by atoms with E-state index in [0.717, 1.165) is 12.8 Å². The van der Waals surface area contributed by atoms with E-state index in [0.29, 0.717) is 47.2 Å². The van der Waals surface area contributed by atoms with E-state index in [-0.39, 0.29) is 12.1 Å². The van der Waals surface area contributed by atoms with E-state index < -0.39 is 0 Å². The number of hydrogen-bond donors (Lipinski definition) is 1. The molecule has 1 aromatic rings. The normalized spacial score (nSPS) is 43.8. The summed E-state index contributed by atoms with van der Waals surface area (Å²) in [4.78, 5) is 12.2. The monoisotopic (exact) mass is 314 g/mol. The van der Waals surface area contributed by atoms with Crippen LogP contribution < -0.4 is 0 Å². The molecule has 0 aliphatic heterocycles. The van der Waals surface area contributed by atoms with Gasteiger partial charge in [0.2, 0.25) is 0 Å². The molecule has 0 saturated heterocycles. The Morgan fingerprint density at radius 3 is 2.70 bits per heavy atom. The summed E-state index contributed by atoms with van der Waals surface area (Å²) < 4.78 is 5.65. The maximum absolute atomic E-state index is 12.2. The summed E-state index contributed by atoms with van der Waals surface area (Å²) in [5, 5.41) is 10.6. The number of carbonyl (C=O) groups excluding carboxylic acids is 1. The van der Waals surface area contributed by atoms with Crippen molar-refractivity contribution in [1.29, 1.82) is 0 Å². The topological polar surface area (TPSA) is 46.5 Å². The molecule has 0 amide bonds. The molecule has 23 heavy (non-hydrogen) atoms. The van der Waals surface area contributed by atoms with E-state index in [1.165, 1.54) is 6.42 Å². The number of fused-ring (bicyclic) bond motifs is 4. The molecule has 1 N–H and O–H groups in total. The van der Waals surface area contributed by atoms with Gasteiger partial charge in [0.1, 0.15) is 0 Å². The van der Waals surface area contributed by atoms with Crippen LogP contribution in [0.4, 0.5) is 0 Å². The molecular weight excluding hydrogens is 288 g/mol. The van der Waals surface area contributed by atoms with Crippen LogP contribution in [0.25, 0.3) is 0 Å². The molecule has 3 heteroatoms. The van der Waals surface area contributed by atoms with Crippen molar-refractivity contribution in [3.63, 3.8) is 0 Å². The number of carbonyl (C=O) groups is 1. The van der Waals surface area contributed by atoms with Crippen molar-refractivity contribution in [2.75, 3.05) is 6.61 Å². The minimum absolute atomic E-state index is 0.190. The predicted octanol–water partition coefficient (Wildman–Crippen LogP) is 3.52. The number of hydrogen-bond acceptors (Lipinski definition) is 3. The van der Waals surface area contributed by atoms with E-state index in [9.17, 15) is 9.90 Å². The zero-order chi connectivity index (χ0) is 16.2. The van der Waals surface area contributed by atoms with Crippen molar-refractivity contribution in [1.82, 2.24) is 0 Å². The lowest BCUT2D eigenvalue weighted by Crippen LogP contribution is -2.38. The summed E-state index contributed by atoms with van der Waals surface area (Å²) in [7, 11) is 0. The van der Waals surface area contributed by atoms with Crippen molar-refractivity contribution in [3.8, 4) is 0 Å². The summed E-state index contributed by atoms with van der Waals surface area (Å²) in [6.07, 6.45) is 3.20. The second-order valence-electron chi connectivity index (χ2n) is 8.08. The average Bonchev–Trinajstić information content (AvgIpc) is 3.32. The zero-order valence-corrected chi connectivity index (χ0v) is 13.9. The molecule has 1 aromatic carbocycles. The van der Waals surface area contributed by atoms with Crippen LogP contribution in [0.3, 0.4) is 0 Å². The summed E-state index contributed by atoms with van der Waals surface area (Å²) >= 11 is 0. The molecule has 3 fully saturated rings. The molecule has 124 valence electrons. The number of rotatable bonds is 4. The van der Waals surface area contributed by atoms with Gasteiger partial charge in [0.25, 0.3) is 0 Å². The molecule has 2 bridgehead atoms. The first-order chi connectivity index (χ1) is 11.0. The third-order valence-electron chi connectivity index (χ3n) is 6.97. The first-order valence-electron chi connectivity index (χ1n) is 8.95. The molecule has 0 spiro atoms. The van der Waals surface area contributed by atoms with Gasteiger partial charge in [-0.3, -0.25) is 0 Å². The molecule has 4 rings (SSSR count). The van der Waals surface area contributed by atoms with Gasteiger partial charge in [-0.15, -0.1) is 0 Å². The maximum atomic E-state index is 12.2. The highest BCUT2D eigenvalue weighted by Gasteiger charge is 2.67. The van der Waals surface area contributed by atoms with Crippen molar-refractivity contribution in [2.45, 2.75) is 39.2 Å². The zero-order valence-electron chi connectivity index (χ0n) is 13.9. The number of benzene rings is 1. The highest BCUT2D eigenvalue weighted by atomic mass is 16.5. The fourth-order valence-electron chi connectivity index (χ4n) is 5.61. The lowest BCUT2D eigenvalue weighted by molar-refractivity contribution is -0.0136. The Labute approximate surface area is 138 Å². The smallest absolute Gasteiger partial charge is 0.338 e. The van der Waals surface area contributed by atoms with Crippen molar-refractivity contribution in [2.24, 2.45) is 35.0 Å². The van der Waals surface area contributed by atoms with Crippen LogP contribution in [0.2, 0.25) is 0 Å². The lowest BCUT2D eigenvalue weighted by atomic mass is 9.70. The van der Waals surface area contributed by atoms with Crippen LogP contribution in [0.5, 0.6) is 0 Å². The summed E-state index contributed by atoms with van der Waals surface area (Å²) in [5.41, 5.74) is 0.907. The van der Waals surface area contributed by atoms with Crippen molar-refractivity contribution >= 4 is 5.97 Å². The first-order valence-corrected chi connectivity index (χ1v) is 8.95. The minimum Gasteiger partial charge on any atom is -0.462 e. The molecule has 0 radical (unpaired) electrons. The lowest BCUT2D eigenvalue weighted by Gasteiger charge is -2.36. The van der Waals surface area contributed by atoms with Gasteiger partial charge in [0, 0.05) is 5.92 Å².